The molecule has 4 aliphatic rings. The van der Waals surface area contributed by atoms with Crippen molar-refractivity contribution in [3.63, 3.8) is 0 Å². The first kappa shape index (κ1) is 22.8. The molecule has 3 aliphatic heterocycles. The molecule has 1 aliphatic carbocycles. The monoisotopic (exact) mass is 467 g/mol. The number of esters is 1. The highest BCUT2D eigenvalue weighted by Gasteiger charge is 2.49. The van der Waals surface area contributed by atoms with Gasteiger partial charge in [-0.25, -0.2) is 4.79 Å². The summed E-state index contributed by atoms with van der Waals surface area (Å²) in [7, 11) is 0. The second-order valence-electron chi connectivity index (χ2n) is 10.2. The van der Waals surface area contributed by atoms with Crippen LogP contribution in [-0.4, -0.2) is 54.6 Å². The third-order valence-corrected chi connectivity index (χ3v) is 8.87. The molecule has 1 N–H and O–H groups in total. The summed E-state index contributed by atoms with van der Waals surface area (Å²) in [6, 6.07) is 13.8. The number of quaternary nitrogens is 1. The van der Waals surface area contributed by atoms with E-state index in [9.17, 15) is 9.59 Å². The van der Waals surface area contributed by atoms with Crippen LogP contribution in [0.1, 0.15) is 66.2 Å². The largest absolute Gasteiger partial charge is 0.455 e. The van der Waals surface area contributed by atoms with E-state index in [0.29, 0.717) is 18.5 Å². The number of piperidine rings is 3. The molecule has 0 spiro atoms. The highest BCUT2D eigenvalue weighted by Crippen LogP contribution is 2.37. The summed E-state index contributed by atoms with van der Waals surface area (Å²) in [5, 5.41) is 5.60. The molecule has 5 nitrogen and oxygen atoms in total. The van der Waals surface area contributed by atoms with Gasteiger partial charge in [0.25, 0.3) is 0 Å². The fourth-order valence-electron chi connectivity index (χ4n) is 6.06. The number of thiophene rings is 1. The van der Waals surface area contributed by atoms with E-state index in [-0.39, 0.29) is 17.9 Å². The van der Waals surface area contributed by atoms with Crippen LogP contribution >= 0.6 is 11.3 Å². The lowest BCUT2D eigenvalue weighted by molar-refractivity contribution is -0.938. The van der Waals surface area contributed by atoms with Crippen molar-refractivity contribution in [1.29, 1.82) is 0 Å². The quantitative estimate of drug-likeness (QED) is 0.346. The fourth-order valence-corrected chi connectivity index (χ4v) is 6.72. The summed E-state index contributed by atoms with van der Waals surface area (Å²) >= 11 is 1.52. The van der Waals surface area contributed by atoms with E-state index in [1.807, 2.05) is 47.8 Å². The van der Waals surface area contributed by atoms with E-state index in [1.54, 1.807) is 0 Å². The third-order valence-electron chi connectivity index (χ3n) is 7.96. The van der Waals surface area contributed by atoms with Gasteiger partial charge in [0.15, 0.2) is 6.10 Å². The van der Waals surface area contributed by atoms with E-state index in [2.05, 4.69) is 5.32 Å². The Hall–Kier alpha value is -2.02. The lowest BCUT2D eigenvalue weighted by Crippen LogP contribution is -2.65. The summed E-state index contributed by atoms with van der Waals surface area (Å²) in [6.07, 6.45) is 7.92. The average molecular weight is 468 g/mol. The zero-order valence-electron chi connectivity index (χ0n) is 19.3. The lowest BCUT2D eigenvalue weighted by Gasteiger charge is -2.51. The van der Waals surface area contributed by atoms with Gasteiger partial charge in [-0.05, 0) is 29.9 Å². The summed E-state index contributed by atoms with van der Waals surface area (Å²) in [6.45, 7) is 3.30. The van der Waals surface area contributed by atoms with Gasteiger partial charge in [0, 0.05) is 24.8 Å². The van der Waals surface area contributed by atoms with Gasteiger partial charge in [-0.3, -0.25) is 10.1 Å². The number of ether oxygens (including phenoxy) is 1. The normalized spacial score (nSPS) is 28.4. The van der Waals surface area contributed by atoms with Gasteiger partial charge in [0.1, 0.15) is 19.1 Å². The second-order valence-corrected chi connectivity index (χ2v) is 11.1. The molecule has 4 heterocycles. The van der Waals surface area contributed by atoms with E-state index in [4.69, 9.17) is 4.74 Å². The minimum atomic E-state index is -0.425. The molecule has 3 saturated heterocycles. The van der Waals surface area contributed by atoms with Crippen LogP contribution in [0.3, 0.4) is 0 Å². The van der Waals surface area contributed by atoms with Crippen LogP contribution in [0.2, 0.25) is 0 Å². The Labute approximate surface area is 200 Å². The second kappa shape index (κ2) is 10.1. The molecule has 2 atom stereocenters. The van der Waals surface area contributed by atoms with Crippen molar-refractivity contribution in [2.75, 3.05) is 26.2 Å². The molecule has 6 heteroatoms. The maximum absolute atomic E-state index is 13.5. The third kappa shape index (κ3) is 5.23. The minimum absolute atomic E-state index is 0.101. The van der Waals surface area contributed by atoms with Crippen LogP contribution < -0.4 is 5.32 Å². The van der Waals surface area contributed by atoms with E-state index >= 15 is 0 Å². The molecule has 1 unspecified atom stereocenters. The molecule has 1 aromatic heterocycles. The number of Topliss-reactive ketones (excluding diaryl/α,β-unsaturated/α-hetero) is 1. The van der Waals surface area contributed by atoms with Crippen LogP contribution in [0.5, 0.6) is 0 Å². The average Bonchev–Trinajstić information content (AvgIpc) is 3.40. The van der Waals surface area contributed by atoms with Crippen molar-refractivity contribution in [3.05, 3.63) is 58.3 Å². The van der Waals surface area contributed by atoms with Crippen LogP contribution in [-0.2, 0) is 9.53 Å². The highest BCUT2D eigenvalue weighted by atomic mass is 32.1. The van der Waals surface area contributed by atoms with Gasteiger partial charge < -0.3 is 9.22 Å². The Morgan fingerprint density at radius 1 is 1.00 bits per heavy atom. The summed E-state index contributed by atoms with van der Waals surface area (Å²) in [4.78, 5) is 27.2. The van der Waals surface area contributed by atoms with Crippen molar-refractivity contribution in [2.45, 2.75) is 63.1 Å². The first-order chi connectivity index (χ1) is 16.1. The Balaban J connectivity index is 1.28. The number of carbonyl (C=O) groups is 2. The number of nitrogens with one attached hydrogen (secondary N) is 1. The summed E-state index contributed by atoms with van der Waals surface area (Å²) in [5.41, 5.74) is 0.978. The van der Waals surface area contributed by atoms with Gasteiger partial charge in [0.2, 0.25) is 5.78 Å². The van der Waals surface area contributed by atoms with E-state index < -0.39 is 6.04 Å². The fraction of sp³-hybridized carbons (Fsp3) is 0.556. The number of nitrogens with zero attached hydrogens (tertiary/aromatic N) is 1. The van der Waals surface area contributed by atoms with Crippen molar-refractivity contribution in [3.8, 4) is 0 Å². The molecule has 6 rings (SSSR count). The smallest absolute Gasteiger partial charge is 0.328 e. The number of rotatable bonds is 8. The number of hydrogen-bond donors (Lipinski definition) is 1. The van der Waals surface area contributed by atoms with Gasteiger partial charge in [0.05, 0.1) is 18.0 Å². The number of fused-ring (bicyclic) bond motifs is 3. The molecule has 1 aromatic carbocycles. The van der Waals surface area contributed by atoms with Crippen LogP contribution in [0, 0.1) is 5.92 Å². The topological polar surface area (TPSA) is 55.4 Å². The van der Waals surface area contributed by atoms with Crippen molar-refractivity contribution >= 4 is 23.1 Å². The number of ketones is 1. The van der Waals surface area contributed by atoms with Crippen LogP contribution in [0.25, 0.3) is 0 Å². The van der Waals surface area contributed by atoms with E-state index in [1.165, 1.54) is 30.6 Å². The van der Waals surface area contributed by atoms with Crippen LogP contribution in [0.4, 0.5) is 0 Å². The Morgan fingerprint density at radius 2 is 1.76 bits per heavy atom. The Bertz CT molecular complexity index is 932. The van der Waals surface area contributed by atoms with E-state index in [0.717, 1.165) is 60.2 Å². The minimum Gasteiger partial charge on any atom is -0.455 e. The number of carbonyl (C=O) groups excluding carboxylic acids is 2. The first-order valence-electron chi connectivity index (χ1n) is 12.6. The molecule has 2 aromatic rings. The van der Waals surface area contributed by atoms with Crippen molar-refractivity contribution in [2.24, 2.45) is 5.92 Å². The lowest BCUT2D eigenvalue weighted by atomic mass is 9.83. The zero-order chi connectivity index (χ0) is 22.7. The zero-order valence-corrected chi connectivity index (χ0v) is 20.1. The molecular formula is C27H35N2O3S+. The maximum atomic E-state index is 13.5. The molecule has 1 saturated carbocycles. The number of hydrogen-bond acceptors (Lipinski definition) is 5. The predicted molar refractivity (Wildman–Crippen MR) is 130 cm³/mol. The molecule has 2 bridgehead atoms. The predicted octanol–water partition coefficient (Wildman–Crippen LogP) is 4.75. The maximum Gasteiger partial charge on any atom is 0.328 e. The molecule has 176 valence electrons. The Morgan fingerprint density at radius 3 is 2.45 bits per heavy atom. The van der Waals surface area contributed by atoms with Crippen molar-refractivity contribution in [1.82, 2.24) is 5.32 Å². The molecule has 33 heavy (non-hydrogen) atoms. The number of benzene rings is 1. The van der Waals surface area contributed by atoms with Gasteiger partial charge >= 0.3 is 5.97 Å². The Kier molecular flexibility index (Phi) is 6.95. The molecular weight excluding hydrogens is 432 g/mol. The van der Waals surface area contributed by atoms with Gasteiger partial charge in [-0.2, -0.15) is 0 Å². The van der Waals surface area contributed by atoms with Gasteiger partial charge in [-0.1, -0.05) is 55.7 Å². The summed E-state index contributed by atoms with van der Waals surface area (Å²) < 4.78 is 7.02. The highest BCUT2D eigenvalue weighted by molar-refractivity contribution is 7.12. The standard InChI is InChI=1S/C27H35N2O3S/c30-23(25-12-7-17-33-25)18-29-15-13-20(14-16-29)24(19-29)32-27(31)26(21-8-3-1-4-9-21)28-22-10-5-2-6-11-22/h1,3-4,7-9,12,17,20,22,24,26,28H,2,5-6,10-11,13-16,18-19H2/q+1/t20?,24-,26?,29?/m0/s1. The summed E-state index contributed by atoms with van der Waals surface area (Å²) in [5.74, 6) is 0.474. The van der Waals surface area contributed by atoms with Gasteiger partial charge in [-0.15, -0.1) is 11.3 Å². The molecule has 4 fully saturated rings. The van der Waals surface area contributed by atoms with Crippen molar-refractivity contribution < 1.29 is 18.8 Å². The molecule has 0 amide bonds. The van der Waals surface area contributed by atoms with Crippen LogP contribution in [0.15, 0.2) is 47.8 Å². The first-order valence-corrected chi connectivity index (χ1v) is 13.4. The SMILES string of the molecule is O=C(C[N+]12CCC(CC1)[C@@H](OC(=O)C(NC1CCCCC1)c1ccccc1)C2)c1cccs1. The molecule has 0 radical (unpaired) electrons.